The third kappa shape index (κ3) is 3.79. The Bertz CT molecular complexity index is 1030. The van der Waals surface area contributed by atoms with Crippen molar-refractivity contribution < 1.29 is 14.1 Å². The smallest absolute Gasteiger partial charge is 0.273 e. The highest BCUT2D eigenvalue weighted by atomic mass is 16.6. The molecule has 0 unspecified atom stereocenters. The quantitative estimate of drug-likeness (QED) is 0.496. The number of benzene rings is 1. The summed E-state index contributed by atoms with van der Waals surface area (Å²) >= 11 is 0. The lowest BCUT2D eigenvalue weighted by Gasteiger charge is -2.35. The monoisotopic (exact) mass is 393 g/mol. The zero-order chi connectivity index (χ0) is 20.4. The molecule has 0 radical (unpaired) electrons. The predicted octanol–water partition coefficient (Wildman–Crippen LogP) is 2.92. The molecule has 0 N–H and O–H groups in total. The molecule has 1 saturated heterocycles. The first kappa shape index (κ1) is 18.6. The number of hydrogen-bond donors (Lipinski definition) is 0. The highest BCUT2D eigenvalue weighted by Gasteiger charge is 2.24. The minimum absolute atomic E-state index is 0.0404. The Hall–Kier alpha value is -3.75. The molecule has 1 amide bonds. The van der Waals surface area contributed by atoms with Crippen LogP contribution in [-0.2, 0) is 0 Å². The molecule has 0 spiro atoms. The van der Waals surface area contributed by atoms with E-state index in [2.05, 4.69) is 15.1 Å². The van der Waals surface area contributed by atoms with E-state index < -0.39 is 4.92 Å². The van der Waals surface area contributed by atoms with Crippen LogP contribution in [0.2, 0.25) is 0 Å². The number of nitro groups is 1. The number of amides is 1. The van der Waals surface area contributed by atoms with Gasteiger partial charge in [-0.25, -0.2) is 0 Å². The number of carbonyl (C=O) groups is 1. The van der Waals surface area contributed by atoms with E-state index in [9.17, 15) is 14.9 Å². The summed E-state index contributed by atoms with van der Waals surface area (Å²) in [5, 5.41) is 19.6. The van der Waals surface area contributed by atoms with Crippen molar-refractivity contribution in [3.8, 4) is 11.5 Å². The molecule has 4 rings (SSSR count). The number of aryl methyl sites for hydroxylation is 1. The average molecular weight is 393 g/mol. The Kier molecular flexibility index (Phi) is 4.94. The van der Waals surface area contributed by atoms with Crippen LogP contribution in [-0.4, -0.2) is 52.1 Å². The molecule has 3 aromatic rings. The number of anilines is 1. The minimum atomic E-state index is -0.463. The molecule has 9 heteroatoms. The van der Waals surface area contributed by atoms with Crippen LogP contribution in [0.25, 0.3) is 11.5 Å². The van der Waals surface area contributed by atoms with Gasteiger partial charge in [0.25, 0.3) is 11.6 Å². The van der Waals surface area contributed by atoms with E-state index in [0.29, 0.717) is 48.8 Å². The van der Waals surface area contributed by atoms with Crippen molar-refractivity contribution in [3.05, 3.63) is 70.0 Å². The van der Waals surface area contributed by atoms with E-state index in [4.69, 9.17) is 4.42 Å². The summed E-state index contributed by atoms with van der Waals surface area (Å²) in [4.78, 5) is 27.2. The van der Waals surface area contributed by atoms with Gasteiger partial charge in [-0.2, -0.15) is 0 Å². The molecule has 0 saturated carbocycles. The average Bonchev–Trinajstić information content (AvgIpc) is 3.29. The highest BCUT2D eigenvalue weighted by Crippen LogP contribution is 2.22. The number of piperazine rings is 1. The van der Waals surface area contributed by atoms with Gasteiger partial charge in [0.2, 0.25) is 0 Å². The summed E-state index contributed by atoms with van der Waals surface area (Å²) in [5.74, 6) is 1.19. The van der Waals surface area contributed by atoms with Gasteiger partial charge in [-0.1, -0.05) is 6.07 Å². The zero-order valence-corrected chi connectivity index (χ0v) is 15.8. The Labute approximate surface area is 166 Å². The van der Waals surface area contributed by atoms with Gasteiger partial charge >= 0.3 is 0 Å². The maximum atomic E-state index is 12.8. The number of hydrogen-bond acceptors (Lipinski definition) is 7. The summed E-state index contributed by atoms with van der Waals surface area (Å²) in [7, 11) is 0. The van der Waals surface area contributed by atoms with E-state index in [1.54, 1.807) is 36.3 Å². The standard InChI is InChI=1S/C20H19N5O4/c1-14-4-5-15(13-17(14)25(27)28)20(26)24-10-8-23(9-11-24)19-7-6-16(21-22-19)18-3-2-12-29-18/h2-7,12-13H,8-11H2,1H3. The van der Waals surface area contributed by atoms with E-state index in [-0.39, 0.29) is 11.6 Å². The third-order valence-electron chi connectivity index (χ3n) is 4.97. The normalized spacial score (nSPS) is 14.1. The van der Waals surface area contributed by atoms with Gasteiger partial charge in [-0.3, -0.25) is 14.9 Å². The maximum Gasteiger partial charge on any atom is 0.273 e. The SMILES string of the molecule is Cc1ccc(C(=O)N2CCN(c3ccc(-c4ccco4)nn3)CC2)cc1[N+](=O)[O-]. The van der Waals surface area contributed by atoms with Gasteiger partial charge in [-0.05, 0) is 37.3 Å². The van der Waals surface area contributed by atoms with Crippen LogP contribution in [0.4, 0.5) is 11.5 Å². The molecule has 9 nitrogen and oxygen atoms in total. The maximum absolute atomic E-state index is 12.8. The summed E-state index contributed by atoms with van der Waals surface area (Å²) in [6, 6.07) is 11.9. The van der Waals surface area contributed by atoms with Crippen LogP contribution in [0.15, 0.2) is 53.1 Å². The second kappa shape index (κ2) is 7.70. The largest absolute Gasteiger partial charge is 0.463 e. The minimum Gasteiger partial charge on any atom is -0.463 e. The summed E-state index contributed by atoms with van der Waals surface area (Å²) < 4.78 is 5.32. The van der Waals surface area contributed by atoms with Gasteiger partial charge < -0.3 is 14.2 Å². The molecule has 148 valence electrons. The van der Waals surface area contributed by atoms with Crippen LogP contribution < -0.4 is 4.90 Å². The van der Waals surface area contributed by atoms with Gasteiger partial charge in [0.15, 0.2) is 11.6 Å². The molecular formula is C20H19N5O4. The zero-order valence-electron chi connectivity index (χ0n) is 15.8. The first-order valence-corrected chi connectivity index (χ1v) is 9.20. The van der Waals surface area contributed by atoms with Gasteiger partial charge in [-0.15, -0.1) is 10.2 Å². The molecule has 1 aliphatic heterocycles. The van der Waals surface area contributed by atoms with Crippen molar-refractivity contribution >= 4 is 17.4 Å². The number of nitrogens with zero attached hydrogens (tertiary/aromatic N) is 5. The molecular weight excluding hydrogens is 374 g/mol. The summed E-state index contributed by atoms with van der Waals surface area (Å²) in [5.41, 5.74) is 1.49. The Morgan fingerprint density at radius 3 is 2.52 bits per heavy atom. The van der Waals surface area contributed by atoms with Gasteiger partial charge in [0.1, 0.15) is 5.69 Å². The fourth-order valence-corrected chi connectivity index (χ4v) is 3.31. The molecule has 29 heavy (non-hydrogen) atoms. The number of nitro benzene ring substituents is 1. The van der Waals surface area contributed by atoms with Crippen LogP contribution in [0, 0.1) is 17.0 Å². The lowest BCUT2D eigenvalue weighted by atomic mass is 10.1. The van der Waals surface area contributed by atoms with E-state index in [1.807, 2.05) is 18.2 Å². The fraction of sp³-hybridized carbons (Fsp3) is 0.250. The summed E-state index contributed by atoms with van der Waals surface area (Å²) in [6.07, 6.45) is 1.59. The summed E-state index contributed by atoms with van der Waals surface area (Å²) in [6.45, 7) is 3.87. The van der Waals surface area contributed by atoms with E-state index in [1.165, 1.54) is 6.07 Å². The topological polar surface area (TPSA) is 106 Å². The fourth-order valence-electron chi connectivity index (χ4n) is 3.31. The van der Waals surface area contributed by atoms with Crippen LogP contribution in [0.3, 0.4) is 0 Å². The van der Waals surface area contributed by atoms with Crippen molar-refractivity contribution in [2.24, 2.45) is 0 Å². The van der Waals surface area contributed by atoms with Crippen LogP contribution in [0.1, 0.15) is 15.9 Å². The first-order chi connectivity index (χ1) is 14.0. The molecule has 0 atom stereocenters. The van der Waals surface area contributed by atoms with Crippen molar-refractivity contribution in [2.45, 2.75) is 6.92 Å². The molecule has 1 fully saturated rings. The van der Waals surface area contributed by atoms with Gasteiger partial charge in [0.05, 0.1) is 11.2 Å². The van der Waals surface area contributed by atoms with Crippen LogP contribution in [0.5, 0.6) is 0 Å². The predicted molar refractivity (Wildman–Crippen MR) is 106 cm³/mol. The molecule has 1 aliphatic rings. The third-order valence-corrected chi connectivity index (χ3v) is 4.97. The molecule has 2 aromatic heterocycles. The van der Waals surface area contributed by atoms with Crippen molar-refractivity contribution in [1.29, 1.82) is 0 Å². The van der Waals surface area contributed by atoms with E-state index >= 15 is 0 Å². The number of aromatic nitrogens is 2. The van der Waals surface area contributed by atoms with Crippen molar-refractivity contribution in [1.82, 2.24) is 15.1 Å². The number of carbonyl (C=O) groups excluding carboxylic acids is 1. The molecule has 1 aromatic carbocycles. The lowest BCUT2D eigenvalue weighted by molar-refractivity contribution is -0.385. The highest BCUT2D eigenvalue weighted by molar-refractivity contribution is 5.95. The van der Waals surface area contributed by atoms with Crippen molar-refractivity contribution in [3.63, 3.8) is 0 Å². The number of rotatable bonds is 4. The molecule has 0 bridgehead atoms. The second-order valence-corrected chi connectivity index (χ2v) is 6.79. The van der Waals surface area contributed by atoms with Crippen molar-refractivity contribution in [2.75, 3.05) is 31.1 Å². The first-order valence-electron chi connectivity index (χ1n) is 9.20. The molecule has 0 aliphatic carbocycles. The Balaban J connectivity index is 1.41. The Morgan fingerprint density at radius 1 is 1.10 bits per heavy atom. The lowest BCUT2D eigenvalue weighted by Crippen LogP contribution is -2.49. The molecule has 3 heterocycles. The number of furan rings is 1. The van der Waals surface area contributed by atoms with E-state index in [0.717, 1.165) is 5.82 Å². The van der Waals surface area contributed by atoms with Crippen LogP contribution >= 0.6 is 0 Å². The van der Waals surface area contributed by atoms with Gasteiger partial charge in [0, 0.05) is 43.4 Å². The second-order valence-electron chi connectivity index (χ2n) is 6.79. The Morgan fingerprint density at radius 2 is 1.90 bits per heavy atom.